The lowest BCUT2D eigenvalue weighted by Crippen LogP contribution is -2.46. The van der Waals surface area contributed by atoms with Gasteiger partial charge in [-0.3, -0.25) is 4.79 Å². The zero-order chi connectivity index (χ0) is 13.0. The average molecular weight is 287 g/mol. The van der Waals surface area contributed by atoms with E-state index in [1.165, 1.54) is 0 Å². The van der Waals surface area contributed by atoms with Crippen molar-refractivity contribution < 1.29 is 4.79 Å². The summed E-state index contributed by atoms with van der Waals surface area (Å²) < 4.78 is 0. The molecule has 0 bridgehead atoms. The summed E-state index contributed by atoms with van der Waals surface area (Å²) in [6.45, 7) is 1.40. The Morgan fingerprint density at radius 1 is 1.33 bits per heavy atom. The Kier molecular flexibility index (Phi) is 4.87. The summed E-state index contributed by atoms with van der Waals surface area (Å²) in [6, 6.07) is 5.33. The van der Waals surface area contributed by atoms with Gasteiger partial charge < -0.3 is 10.6 Å². The van der Waals surface area contributed by atoms with Crippen molar-refractivity contribution in [1.82, 2.24) is 10.6 Å². The Hall–Kier alpha value is -0.770. The first-order valence-corrected chi connectivity index (χ1v) is 6.87. The van der Waals surface area contributed by atoms with Gasteiger partial charge in [0.2, 0.25) is 5.91 Å². The van der Waals surface area contributed by atoms with Crippen LogP contribution in [0.25, 0.3) is 0 Å². The zero-order valence-electron chi connectivity index (χ0n) is 10.0. The molecular weight excluding hydrogens is 271 g/mol. The second kappa shape index (κ2) is 6.41. The van der Waals surface area contributed by atoms with Gasteiger partial charge in [-0.1, -0.05) is 35.7 Å². The monoisotopic (exact) mass is 286 g/mol. The van der Waals surface area contributed by atoms with E-state index >= 15 is 0 Å². The van der Waals surface area contributed by atoms with Gasteiger partial charge in [0.25, 0.3) is 0 Å². The van der Waals surface area contributed by atoms with Crippen LogP contribution in [0.15, 0.2) is 18.2 Å². The summed E-state index contributed by atoms with van der Waals surface area (Å²) in [6.07, 6.45) is 3.17. The Morgan fingerprint density at radius 3 is 2.83 bits per heavy atom. The number of halogens is 2. The first-order chi connectivity index (χ1) is 8.66. The first-order valence-electron chi connectivity index (χ1n) is 6.12. The van der Waals surface area contributed by atoms with Gasteiger partial charge in [0.05, 0.1) is 16.1 Å². The van der Waals surface area contributed by atoms with E-state index in [2.05, 4.69) is 10.6 Å². The van der Waals surface area contributed by atoms with Gasteiger partial charge >= 0.3 is 0 Å². The predicted octanol–water partition coefficient (Wildman–Crippen LogP) is 2.75. The van der Waals surface area contributed by atoms with Crippen LogP contribution in [-0.4, -0.2) is 18.5 Å². The molecule has 0 radical (unpaired) electrons. The number of hydrogen-bond acceptors (Lipinski definition) is 2. The molecule has 1 amide bonds. The minimum absolute atomic E-state index is 0.0541. The van der Waals surface area contributed by atoms with Crippen molar-refractivity contribution in [3.05, 3.63) is 33.8 Å². The summed E-state index contributed by atoms with van der Waals surface area (Å²) >= 11 is 11.8. The van der Waals surface area contributed by atoms with Crippen molar-refractivity contribution in [3.63, 3.8) is 0 Å². The van der Waals surface area contributed by atoms with E-state index in [0.29, 0.717) is 16.6 Å². The topological polar surface area (TPSA) is 41.1 Å². The van der Waals surface area contributed by atoms with E-state index in [9.17, 15) is 4.79 Å². The van der Waals surface area contributed by atoms with E-state index in [1.807, 2.05) is 6.07 Å². The molecule has 0 spiro atoms. The Balaban J connectivity index is 1.86. The second-order valence-corrected chi connectivity index (χ2v) is 5.28. The van der Waals surface area contributed by atoms with Gasteiger partial charge in [-0.2, -0.15) is 0 Å². The molecule has 98 valence electrons. The number of carbonyl (C=O) groups is 1. The maximum absolute atomic E-state index is 11.9. The van der Waals surface area contributed by atoms with Crippen LogP contribution < -0.4 is 10.6 Å². The molecule has 1 aromatic rings. The van der Waals surface area contributed by atoms with Crippen molar-refractivity contribution in [2.45, 2.75) is 31.8 Å². The lowest BCUT2D eigenvalue weighted by molar-refractivity contribution is -0.123. The van der Waals surface area contributed by atoms with Crippen molar-refractivity contribution in [1.29, 1.82) is 0 Å². The molecule has 0 saturated carbocycles. The minimum Gasteiger partial charge on any atom is -0.351 e. The molecule has 0 aromatic heterocycles. The van der Waals surface area contributed by atoms with Crippen LogP contribution in [0.4, 0.5) is 0 Å². The molecule has 2 N–H and O–H groups in total. The fourth-order valence-electron chi connectivity index (χ4n) is 2.04. The minimum atomic E-state index is -0.0541. The number of piperidine rings is 1. The molecule has 18 heavy (non-hydrogen) atoms. The molecule has 3 nitrogen and oxygen atoms in total. The van der Waals surface area contributed by atoms with E-state index in [0.717, 1.165) is 31.4 Å². The van der Waals surface area contributed by atoms with Gasteiger partial charge in [0, 0.05) is 6.54 Å². The maximum atomic E-state index is 11.9. The molecular formula is C13H16Cl2N2O. The number of rotatable bonds is 3. The van der Waals surface area contributed by atoms with Crippen molar-refractivity contribution in [3.8, 4) is 0 Å². The number of nitrogens with one attached hydrogen (secondary N) is 2. The summed E-state index contributed by atoms with van der Waals surface area (Å²) in [7, 11) is 0. The first kappa shape index (κ1) is 13.7. The van der Waals surface area contributed by atoms with E-state index in [4.69, 9.17) is 23.2 Å². The van der Waals surface area contributed by atoms with Gasteiger partial charge in [0.15, 0.2) is 0 Å². The maximum Gasteiger partial charge on any atom is 0.237 e. The molecule has 0 aliphatic carbocycles. The van der Waals surface area contributed by atoms with Crippen LogP contribution in [0.2, 0.25) is 10.0 Å². The zero-order valence-corrected chi connectivity index (χ0v) is 11.5. The van der Waals surface area contributed by atoms with Crippen LogP contribution in [0.1, 0.15) is 24.8 Å². The van der Waals surface area contributed by atoms with Gasteiger partial charge in [0.1, 0.15) is 0 Å². The molecule has 1 unspecified atom stereocenters. The normalized spacial score (nSPS) is 19.6. The van der Waals surface area contributed by atoms with E-state index in [-0.39, 0.29) is 11.9 Å². The van der Waals surface area contributed by atoms with Gasteiger partial charge in [-0.15, -0.1) is 0 Å². The summed E-state index contributed by atoms with van der Waals surface area (Å²) in [4.78, 5) is 11.9. The smallest absolute Gasteiger partial charge is 0.237 e. The average Bonchev–Trinajstić information content (AvgIpc) is 2.41. The van der Waals surface area contributed by atoms with Crippen molar-refractivity contribution >= 4 is 29.1 Å². The Bertz CT molecular complexity index is 431. The Labute approximate surface area is 117 Å². The summed E-state index contributed by atoms with van der Waals surface area (Å²) in [5.41, 5.74) is 0.952. The van der Waals surface area contributed by atoms with Crippen LogP contribution in [0.5, 0.6) is 0 Å². The van der Waals surface area contributed by atoms with E-state index < -0.39 is 0 Å². The second-order valence-electron chi connectivity index (χ2n) is 4.47. The lowest BCUT2D eigenvalue weighted by Gasteiger charge is -2.22. The molecule has 1 fully saturated rings. The predicted molar refractivity (Wildman–Crippen MR) is 74.0 cm³/mol. The standard InChI is InChI=1S/C13H16Cl2N2O/c14-10-5-4-9(7-11(10)15)8-17-13(18)12-3-1-2-6-16-12/h4-5,7,12,16H,1-3,6,8H2,(H,17,18). The highest BCUT2D eigenvalue weighted by Gasteiger charge is 2.19. The molecule has 5 heteroatoms. The molecule has 1 aromatic carbocycles. The highest BCUT2D eigenvalue weighted by atomic mass is 35.5. The third-order valence-electron chi connectivity index (χ3n) is 3.08. The highest BCUT2D eigenvalue weighted by molar-refractivity contribution is 6.42. The fourth-order valence-corrected chi connectivity index (χ4v) is 2.36. The summed E-state index contributed by atoms with van der Waals surface area (Å²) in [5.74, 6) is 0.0563. The third kappa shape index (κ3) is 3.61. The SMILES string of the molecule is O=C(NCc1ccc(Cl)c(Cl)c1)C1CCCCN1. The van der Waals surface area contributed by atoms with Crippen LogP contribution in [0, 0.1) is 0 Å². The summed E-state index contributed by atoms with van der Waals surface area (Å²) in [5, 5.41) is 7.17. The molecule has 2 rings (SSSR count). The fraction of sp³-hybridized carbons (Fsp3) is 0.462. The number of carbonyl (C=O) groups excluding carboxylic acids is 1. The molecule has 1 aliphatic heterocycles. The van der Waals surface area contributed by atoms with E-state index in [1.54, 1.807) is 12.1 Å². The highest BCUT2D eigenvalue weighted by Crippen LogP contribution is 2.22. The third-order valence-corrected chi connectivity index (χ3v) is 3.82. The quantitative estimate of drug-likeness (QED) is 0.897. The molecule has 1 atom stereocenters. The Morgan fingerprint density at radius 2 is 2.17 bits per heavy atom. The van der Waals surface area contributed by atoms with Crippen molar-refractivity contribution in [2.24, 2.45) is 0 Å². The number of amides is 1. The van der Waals surface area contributed by atoms with Crippen LogP contribution in [0.3, 0.4) is 0 Å². The number of hydrogen-bond donors (Lipinski definition) is 2. The van der Waals surface area contributed by atoms with Gasteiger partial charge in [-0.25, -0.2) is 0 Å². The largest absolute Gasteiger partial charge is 0.351 e. The lowest BCUT2D eigenvalue weighted by atomic mass is 10.0. The van der Waals surface area contributed by atoms with Gasteiger partial charge in [-0.05, 0) is 37.1 Å². The molecule has 1 aliphatic rings. The van der Waals surface area contributed by atoms with Crippen molar-refractivity contribution in [2.75, 3.05) is 6.54 Å². The molecule has 1 heterocycles. The molecule has 1 saturated heterocycles. The van der Waals surface area contributed by atoms with Crippen LogP contribution >= 0.6 is 23.2 Å². The van der Waals surface area contributed by atoms with Crippen LogP contribution in [-0.2, 0) is 11.3 Å². The number of benzene rings is 1.